The van der Waals surface area contributed by atoms with Gasteiger partial charge in [0.25, 0.3) is 5.91 Å². The second-order valence-corrected chi connectivity index (χ2v) is 7.00. The van der Waals surface area contributed by atoms with Gasteiger partial charge in [-0.3, -0.25) is 4.79 Å². The van der Waals surface area contributed by atoms with Gasteiger partial charge in [0.2, 0.25) is 0 Å². The van der Waals surface area contributed by atoms with E-state index in [2.05, 4.69) is 5.10 Å². The maximum Gasteiger partial charge on any atom is 0.416 e. The van der Waals surface area contributed by atoms with Crippen LogP contribution in [0, 0.1) is 0 Å². The number of carbonyl (C=O) groups is 1. The highest BCUT2D eigenvalue weighted by Crippen LogP contribution is 2.37. The van der Waals surface area contributed by atoms with E-state index in [1.807, 2.05) is 6.07 Å². The third-order valence-corrected chi connectivity index (χ3v) is 4.87. The van der Waals surface area contributed by atoms with Crippen LogP contribution in [0.25, 0.3) is 17.4 Å². The number of benzene rings is 2. The molecule has 0 spiro atoms. The number of halogens is 4. The number of furan rings is 1. The lowest BCUT2D eigenvalue weighted by Crippen LogP contribution is -2.21. The monoisotopic (exact) mass is 430 g/mol. The largest absolute Gasteiger partial charge is 0.457 e. The van der Waals surface area contributed by atoms with Gasteiger partial charge in [-0.25, -0.2) is 0 Å². The summed E-state index contributed by atoms with van der Waals surface area (Å²) < 4.78 is 44.7. The average molecular weight is 431 g/mol. The van der Waals surface area contributed by atoms with Crippen molar-refractivity contribution in [2.75, 3.05) is 5.01 Å². The zero-order valence-electron chi connectivity index (χ0n) is 15.6. The normalized spacial score (nSPS) is 15.8. The number of hydrogen-bond donors (Lipinski definition) is 0. The molecule has 0 bridgehead atoms. The van der Waals surface area contributed by atoms with Crippen molar-refractivity contribution >= 4 is 35.0 Å². The average Bonchev–Trinajstić information content (AvgIpc) is 3.28. The number of anilines is 1. The quantitative estimate of drug-likeness (QED) is 0.450. The Hall–Kier alpha value is -3.32. The molecule has 4 nitrogen and oxygen atoms in total. The number of rotatable bonds is 3. The topological polar surface area (TPSA) is 45.8 Å². The van der Waals surface area contributed by atoms with Gasteiger partial charge in [0.15, 0.2) is 0 Å². The van der Waals surface area contributed by atoms with E-state index < -0.39 is 11.7 Å². The summed E-state index contributed by atoms with van der Waals surface area (Å²) in [6.07, 6.45) is -2.99. The molecule has 0 saturated heterocycles. The lowest BCUT2D eigenvalue weighted by atomic mass is 10.1. The number of amides is 1. The van der Waals surface area contributed by atoms with Crippen LogP contribution in [0.2, 0.25) is 5.02 Å². The first-order valence-corrected chi connectivity index (χ1v) is 9.25. The van der Waals surface area contributed by atoms with Crippen LogP contribution in [-0.2, 0) is 11.0 Å². The Morgan fingerprint density at radius 3 is 2.50 bits per heavy atom. The van der Waals surface area contributed by atoms with Crippen molar-refractivity contribution in [1.29, 1.82) is 0 Å². The Morgan fingerprint density at radius 1 is 1.07 bits per heavy atom. The Bertz CT molecular complexity index is 1180. The van der Waals surface area contributed by atoms with E-state index in [0.29, 0.717) is 22.7 Å². The van der Waals surface area contributed by atoms with E-state index in [9.17, 15) is 18.0 Å². The third kappa shape index (κ3) is 3.76. The van der Waals surface area contributed by atoms with Crippen molar-refractivity contribution in [2.24, 2.45) is 5.10 Å². The molecule has 1 aliphatic heterocycles. The molecule has 2 heterocycles. The highest BCUT2D eigenvalue weighted by Gasteiger charge is 2.32. The summed E-state index contributed by atoms with van der Waals surface area (Å²) in [6, 6.07) is 15.0. The third-order valence-electron chi connectivity index (χ3n) is 4.54. The van der Waals surface area contributed by atoms with E-state index in [-0.39, 0.29) is 22.3 Å². The van der Waals surface area contributed by atoms with E-state index in [1.165, 1.54) is 23.2 Å². The summed E-state index contributed by atoms with van der Waals surface area (Å²) >= 11 is 6.07. The van der Waals surface area contributed by atoms with Crippen molar-refractivity contribution in [1.82, 2.24) is 0 Å². The first kappa shape index (κ1) is 20.0. The fourth-order valence-corrected chi connectivity index (χ4v) is 3.25. The number of alkyl halides is 3. The van der Waals surface area contributed by atoms with Crippen molar-refractivity contribution in [3.63, 3.8) is 0 Å². The minimum absolute atomic E-state index is 0.116. The Labute approximate surface area is 174 Å². The molecule has 1 amide bonds. The molecular weight excluding hydrogens is 417 g/mol. The summed E-state index contributed by atoms with van der Waals surface area (Å²) in [6.45, 7) is 1.69. The minimum Gasteiger partial charge on any atom is -0.457 e. The van der Waals surface area contributed by atoms with Gasteiger partial charge in [0, 0.05) is 5.56 Å². The first-order valence-electron chi connectivity index (χ1n) is 8.88. The van der Waals surface area contributed by atoms with Crippen LogP contribution < -0.4 is 5.01 Å². The minimum atomic E-state index is -4.50. The molecule has 8 heteroatoms. The molecule has 0 aliphatic carbocycles. The van der Waals surface area contributed by atoms with Gasteiger partial charge < -0.3 is 4.42 Å². The molecule has 30 heavy (non-hydrogen) atoms. The van der Waals surface area contributed by atoms with E-state index in [1.54, 1.807) is 37.3 Å². The van der Waals surface area contributed by atoms with Crippen molar-refractivity contribution in [2.45, 2.75) is 13.1 Å². The number of nitrogens with zero attached hydrogens (tertiary/aromatic N) is 2. The molecular formula is C22H14ClF3N2O2. The molecule has 0 saturated carbocycles. The smallest absolute Gasteiger partial charge is 0.416 e. The van der Waals surface area contributed by atoms with Crippen LogP contribution in [0.3, 0.4) is 0 Å². The van der Waals surface area contributed by atoms with E-state index in [4.69, 9.17) is 16.0 Å². The maximum atomic E-state index is 13.0. The van der Waals surface area contributed by atoms with E-state index in [0.717, 1.165) is 12.1 Å². The lowest BCUT2D eigenvalue weighted by Gasteiger charge is -2.10. The van der Waals surface area contributed by atoms with Crippen LogP contribution in [0.15, 0.2) is 75.8 Å². The molecule has 152 valence electrons. The summed E-state index contributed by atoms with van der Waals surface area (Å²) in [4.78, 5) is 12.8. The Morgan fingerprint density at radius 2 is 1.80 bits per heavy atom. The number of carbonyl (C=O) groups excluding carboxylic acids is 1. The van der Waals surface area contributed by atoms with Crippen LogP contribution in [0.5, 0.6) is 0 Å². The summed E-state index contributed by atoms with van der Waals surface area (Å²) in [5.74, 6) is 0.137. The Balaban J connectivity index is 1.65. The molecule has 0 atom stereocenters. The van der Waals surface area contributed by atoms with Gasteiger partial charge in [-0.15, -0.1) is 0 Å². The van der Waals surface area contributed by atoms with Crippen LogP contribution >= 0.6 is 11.6 Å². The SMILES string of the molecule is CC1=NN(c2ccccc2)C(=O)/C1=C\c1ccc(-c2cc(C(F)(F)F)ccc2Cl)o1. The van der Waals surface area contributed by atoms with E-state index >= 15 is 0 Å². The standard InChI is InChI=1S/C22H14ClF3N2O2/c1-13-17(21(29)28(27-13)15-5-3-2-4-6-15)12-16-8-10-20(30-16)18-11-14(22(24,25)26)7-9-19(18)23/h2-12H,1H3/b17-12-. The number of hydrogen-bond acceptors (Lipinski definition) is 3. The fourth-order valence-electron chi connectivity index (χ4n) is 3.04. The zero-order valence-corrected chi connectivity index (χ0v) is 16.3. The molecule has 0 radical (unpaired) electrons. The number of hydrazone groups is 1. The van der Waals surface area contributed by atoms with Gasteiger partial charge >= 0.3 is 6.18 Å². The molecule has 2 aromatic carbocycles. The second-order valence-electron chi connectivity index (χ2n) is 6.59. The van der Waals surface area contributed by atoms with Gasteiger partial charge in [-0.05, 0) is 55.5 Å². The summed E-state index contributed by atoms with van der Waals surface area (Å²) in [5.41, 5.74) is 0.741. The van der Waals surface area contributed by atoms with Crippen molar-refractivity contribution in [3.8, 4) is 11.3 Å². The zero-order chi connectivity index (χ0) is 21.5. The molecule has 0 fully saturated rings. The van der Waals surface area contributed by atoms with Crippen LogP contribution in [0.4, 0.5) is 18.9 Å². The van der Waals surface area contributed by atoms with Gasteiger partial charge in [0.1, 0.15) is 11.5 Å². The highest BCUT2D eigenvalue weighted by molar-refractivity contribution is 6.33. The van der Waals surface area contributed by atoms with Gasteiger partial charge in [-0.2, -0.15) is 23.3 Å². The Kier molecular flexibility index (Phi) is 4.99. The number of para-hydroxylation sites is 1. The summed E-state index contributed by atoms with van der Waals surface area (Å²) in [7, 11) is 0. The molecule has 0 N–H and O–H groups in total. The second kappa shape index (κ2) is 7.50. The molecule has 4 rings (SSSR count). The fraction of sp³-hybridized carbons (Fsp3) is 0.0909. The maximum absolute atomic E-state index is 13.0. The first-order chi connectivity index (χ1) is 14.2. The predicted molar refractivity (Wildman–Crippen MR) is 109 cm³/mol. The van der Waals surface area contributed by atoms with Gasteiger partial charge in [0.05, 0.1) is 27.6 Å². The van der Waals surface area contributed by atoms with Crippen LogP contribution in [-0.4, -0.2) is 11.6 Å². The summed E-state index contributed by atoms with van der Waals surface area (Å²) in [5, 5.41) is 5.69. The van der Waals surface area contributed by atoms with Crippen LogP contribution in [0.1, 0.15) is 18.2 Å². The molecule has 3 aromatic rings. The molecule has 0 unspecified atom stereocenters. The van der Waals surface area contributed by atoms with Gasteiger partial charge in [-0.1, -0.05) is 29.8 Å². The highest BCUT2D eigenvalue weighted by atomic mass is 35.5. The molecule has 1 aromatic heterocycles. The predicted octanol–water partition coefficient (Wildman–Crippen LogP) is 6.42. The lowest BCUT2D eigenvalue weighted by molar-refractivity contribution is -0.137. The van der Waals surface area contributed by atoms with Crippen molar-refractivity contribution in [3.05, 3.63) is 82.6 Å². The van der Waals surface area contributed by atoms with Crippen molar-refractivity contribution < 1.29 is 22.4 Å². The molecule has 1 aliphatic rings.